The molecule has 2 aromatic heterocycles. The smallest absolute Gasteiger partial charge is 0.332 e. The molecule has 0 unspecified atom stereocenters. The molecular weight excluding hydrogens is 370 g/mol. The molecular formula is C21H27N5O3. The van der Waals surface area contributed by atoms with E-state index in [1.807, 2.05) is 49.3 Å². The van der Waals surface area contributed by atoms with Gasteiger partial charge in [-0.15, -0.1) is 0 Å². The number of nitrogens with one attached hydrogen (secondary N) is 1. The lowest BCUT2D eigenvalue weighted by molar-refractivity contribution is 0.425. The summed E-state index contributed by atoms with van der Waals surface area (Å²) in [4.78, 5) is 40.8. The van der Waals surface area contributed by atoms with Crippen LogP contribution in [0.5, 0.6) is 0 Å². The summed E-state index contributed by atoms with van der Waals surface area (Å²) >= 11 is 0. The predicted octanol–water partition coefficient (Wildman–Crippen LogP) is 0.500. The monoisotopic (exact) mass is 397 g/mol. The van der Waals surface area contributed by atoms with Gasteiger partial charge in [-0.3, -0.25) is 23.3 Å². The summed E-state index contributed by atoms with van der Waals surface area (Å²) in [6.07, 6.45) is 0.389. The maximum atomic E-state index is 13.3. The summed E-state index contributed by atoms with van der Waals surface area (Å²) in [5, 5.41) is 3.66. The Labute approximate surface area is 168 Å². The third-order valence-corrected chi connectivity index (χ3v) is 5.15. The third-order valence-electron chi connectivity index (χ3n) is 5.15. The third kappa shape index (κ3) is 3.75. The number of aromatic nitrogens is 3. The van der Waals surface area contributed by atoms with Crippen molar-refractivity contribution < 1.29 is 0 Å². The first-order valence-corrected chi connectivity index (χ1v) is 9.48. The quantitative estimate of drug-likeness (QED) is 0.655. The van der Waals surface area contributed by atoms with Crippen LogP contribution in [-0.4, -0.2) is 45.8 Å². The Bertz CT molecular complexity index is 1220. The van der Waals surface area contributed by atoms with Gasteiger partial charge in [-0.05, 0) is 19.7 Å². The van der Waals surface area contributed by atoms with Gasteiger partial charge in [0.15, 0.2) is 0 Å². The van der Waals surface area contributed by atoms with Crippen molar-refractivity contribution in [2.45, 2.75) is 6.42 Å². The van der Waals surface area contributed by atoms with E-state index in [0.29, 0.717) is 35.2 Å². The fourth-order valence-electron chi connectivity index (χ4n) is 3.56. The molecule has 0 saturated heterocycles. The highest BCUT2D eigenvalue weighted by atomic mass is 16.2. The van der Waals surface area contributed by atoms with Crippen LogP contribution < -0.4 is 22.1 Å². The van der Waals surface area contributed by atoms with Crippen molar-refractivity contribution in [1.82, 2.24) is 18.6 Å². The molecule has 0 amide bonds. The molecule has 0 aliphatic rings. The van der Waals surface area contributed by atoms with Gasteiger partial charge in [0.25, 0.3) is 11.1 Å². The molecule has 3 rings (SSSR count). The Hall–Kier alpha value is -3.13. The van der Waals surface area contributed by atoms with Gasteiger partial charge in [-0.25, -0.2) is 4.79 Å². The molecule has 1 N–H and O–H groups in total. The van der Waals surface area contributed by atoms with Crippen molar-refractivity contribution in [3.8, 4) is 0 Å². The molecule has 29 heavy (non-hydrogen) atoms. The van der Waals surface area contributed by atoms with Gasteiger partial charge in [0.05, 0.1) is 5.69 Å². The van der Waals surface area contributed by atoms with E-state index < -0.39 is 11.2 Å². The summed E-state index contributed by atoms with van der Waals surface area (Å²) in [5.41, 5.74) is 1.20. The number of fused-ring (bicyclic) bond motifs is 1. The first-order chi connectivity index (χ1) is 13.7. The zero-order valence-electron chi connectivity index (χ0n) is 17.5. The minimum Gasteiger partial charge on any atom is -0.383 e. The van der Waals surface area contributed by atoms with E-state index in [4.69, 9.17) is 0 Å². The number of hydrogen-bond donors (Lipinski definition) is 1. The second-order valence-electron chi connectivity index (χ2n) is 7.51. The Morgan fingerprint density at radius 3 is 2.17 bits per heavy atom. The first kappa shape index (κ1) is 20.6. The van der Waals surface area contributed by atoms with Gasteiger partial charge in [-0.2, -0.15) is 0 Å². The van der Waals surface area contributed by atoms with Crippen molar-refractivity contribution in [2.75, 3.05) is 32.5 Å². The van der Waals surface area contributed by atoms with Gasteiger partial charge < -0.3 is 10.2 Å². The van der Waals surface area contributed by atoms with Crippen LogP contribution in [0.1, 0.15) is 11.1 Å². The van der Waals surface area contributed by atoms with Crippen LogP contribution in [0.2, 0.25) is 0 Å². The fraction of sp³-hybridized carbons (Fsp3) is 0.381. The summed E-state index contributed by atoms with van der Waals surface area (Å²) in [7, 11) is 8.54. The van der Waals surface area contributed by atoms with Crippen molar-refractivity contribution in [1.29, 1.82) is 0 Å². The topological polar surface area (TPSA) is 81.3 Å². The molecule has 0 aliphatic carbocycles. The molecule has 1 aromatic carbocycles. The second-order valence-corrected chi connectivity index (χ2v) is 7.51. The summed E-state index contributed by atoms with van der Waals surface area (Å²) in [5.74, 6) is 0. The molecule has 0 radical (unpaired) electrons. The predicted molar refractivity (Wildman–Crippen MR) is 116 cm³/mol. The molecule has 8 nitrogen and oxygen atoms in total. The van der Waals surface area contributed by atoms with Crippen LogP contribution in [0, 0.1) is 0 Å². The Kier molecular flexibility index (Phi) is 5.74. The molecule has 0 aliphatic heterocycles. The first-order valence-electron chi connectivity index (χ1n) is 9.48. The number of anilines is 1. The number of nitrogens with zero attached hydrogens (tertiary/aromatic N) is 4. The van der Waals surface area contributed by atoms with Gasteiger partial charge >= 0.3 is 5.69 Å². The zero-order chi connectivity index (χ0) is 21.3. The number of benzene rings is 1. The lowest BCUT2D eigenvalue weighted by Gasteiger charge is -2.20. The lowest BCUT2D eigenvalue weighted by Crippen LogP contribution is -2.40. The Morgan fingerprint density at radius 2 is 1.55 bits per heavy atom. The second kappa shape index (κ2) is 8.08. The van der Waals surface area contributed by atoms with Crippen LogP contribution in [0.25, 0.3) is 11.0 Å². The highest BCUT2D eigenvalue weighted by Crippen LogP contribution is 2.23. The molecule has 2 heterocycles. The van der Waals surface area contributed by atoms with Gasteiger partial charge in [0.2, 0.25) is 0 Å². The minimum atomic E-state index is -0.465. The highest BCUT2D eigenvalue weighted by molar-refractivity contribution is 5.90. The van der Waals surface area contributed by atoms with Crippen LogP contribution in [0.4, 0.5) is 5.69 Å². The van der Waals surface area contributed by atoms with E-state index in [2.05, 4.69) is 5.32 Å². The maximum absolute atomic E-state index is 13.3. The Balaban J connectivity index is 2.36. The molecule has 3 aromatic rings. The number of pyridine rings is 1. The van der Waals surface area contributed by atoms with E-state index in [-0.39, 0.29) is 5.56 Å². The van der Waals surface area contributed by atoms with E-state index in [1.165, 1.54) is 16.2 Å². The summed E-state index contributed by atoms with van der Waals surface area (Å²) < 4.78 is 3.82. The van der Waals surface area contributed by atoms with Gasteiger partial charge in [0, 0.05) is 46.2 Å². The summed E-state index contributed by atoms with van der Waals surface area (Å²) in [6, 6.07) is 9.66. The maximum Gasteiger partial charge on any atom is 0.332 e. The number of aryl methyl sites for hydroxylation is 2. The average molecular weight is 397 g/mol. The van der Waals surface area contributed by atoms with Crippen molar-refractivity contribution in [2.24, 2.45) is 21.1 Å². The van der Waals surface area contributed by atoms with Crippen molar-refractivity contribution in [3.63, 3.8) is 0 Å². The fourth-order valence-corrected chi connectivity index (χ4v) is 3.56. The summed E-state index contributed by atoms with van der Waals surface area (Å²) in [6.45, 7) is 1.29. The molecule has 0 spiro atoms. The van der Waals surface area contributed by atoms with Gasteiger partial charge in [0.1, 0.15) is 11.0 Å². The minimum absolute atomic E-state index is 0.225. The van der Waals surface area contributed by atoms with E-state index in [9.17, 15) is 14.4 Å². The number of rotatable bonds is 6. The molecule has 8 heteroatoms. The van der Waals surface area contributed by atoms with Crippen LogP contribution in [0.15, 0.2) is 44.7 Å². The normalized spacial score (nSPS) is 11.4. The molecule has 0 atom stereocenters. The van der Waals surface area contributed by atoms with Crippen LogP contribution >= 0.6 is 0 Å². The van der Waals surface area contributed by atoms with Crippen LogP contribution in [-0.2, 0) is 27.6 Å². The average Bonchev–Trinajstić information content (AvgIpc) is 2.70. The van der Waals surface area contributed by atoms with Crippen LogP contribution in [0.3, 0.4) is 0 Å². The van der Waals surface area contributed by atoms with Crippen molar-refractivity contribution in [3.05, 3.63) is 72.7 Å². The molecule has 0 fully saturated rings. The van der Waals surface area contributed by atoms with E-state index in [0.717, 1.165) is 16.7 Å². The molecule has 154 valence electrons. The lowest BCUT2D eigenvalue weighted by atomic mass is 10.0. The largest absolute Gasteiger partial charge is 0.383 e. The Morgan fingerprint density at radius 1 is 0.897 bits per heavy atom. The van der Waals surface area contributed by atoms with E-state index in [1.54, 1.807) is 14.1 Å². The van der Waals surface area contributed by atoms with E-state index >= 15 is 0 Å². The standard InChI is InChI=1S/C21H27N5O3/c1-23(2)12-11-22-17-15(13-14-9-7-6-8-10-14)19(27)24(3)18-16(17)20(28)26(5)21(29)25(18)4/h6-10,22H,11-13H2,1-5H3. The van der Waals surface area contributed by atoms with Crippen molar-refractivity contribution >= 4 is 16.7 Å². The SMILES string of the molecule is CN(C)CCNc1c(Cc2ccccc2)c(=O)n(C)c2c1c(=O)n(C)c(=O)n2C. The molecule has 0 bridgehead atoms. The number of hydrogen-bond acceptors (Lipinski definition) is 5. The molecule has 0 saturated carbocycles. The van der Waals surface area contributed by atoms with Gasteiger partial charge in [-0.1, -0.05) is 30.3 Å². The highest BCUT2D eigenvalue weighted by Gasteiger charge is 2.21. The zero-order valence-corrected chi connectivity index (χ0v) is 17.5. The number of likely N-dealkylation sites (N-methyl/N-ethyl adjacent to an activating group) is 1.